The lowest BCUT2D eigenvalue weighted by atomic mass is 10.0. The van der Waals surface area contributed by atoms with Gasteiger partial charge in [-0.15, -0.1) is 0 Å². The molecule has 1 N–H and O–H groups in total. The summed E-state index contributed by atoms with van der Waals surface area (Å²) < 4.78 is 0.940. The highest BCUT2D eigenvalue weighted by Crippen LogP contribution is 2.33. The van der Waals surface area contributed by atoms with Crippen molar-refractivity contribution in [3.8, 4) is 0 Å². The summed E-state index contributed by atoms with van der Waals surface area (Å²) in [6.45, 7) is 4.77. The molecule has 1 saturated heterocycles. The van der Waals surface area contributed by atoms with Crippen LogP contribution in [-0.4, -0.2) is 18.1 Å². The molecule has 1 aliphatic rings. The van der Waals surface area contributed by atoms with Crippen molar-refractivity contribution in [3.63, 3.8) is 0 Å². The Kier molecular flexibility index (Phi) is 2.46. The van der Waals surface area contributed by atoms with Gasteiger partial charge >= 0.3 is 6.03 Å². The number of benzene rings is 1. The largest absolute Gasteiger partial charge is 0.335 e. The number of nitrogens with one attached hydrogen (secondary N) is 1. The number of para-hydroxylation sites is 1. The van der Waals surface area contributed by atoms with E-state index >= 15 is 0 Å². The molecule has 2 amide bonds. The maximum atomic E-state index is 11.7. The highest BCUT2D eigenvalue weighted by Gasteiger charge is 2.39. The average Bonchev–Trinajstić information content (AvgIpc) is 2.43. The van der Waals surface area contributed by atoms with Gasteiger partial charge in [-0.2, -0.15) is 0 Å². The first-order valence-electron chi connectivity index (χ1n) is 4.85. The highest BCUT2D eigenvalue weighted by atomic mass is 79.9. The second kappa shape index (κ2) is 3.52. The number of carbonyl (C=O) groups is 1. The number of halogens is 1. The molecule has 0 spiro atoms. The molecule has 1 fully saturated rings. The molecule has 0 atom stereocenters. The van der Waals surface area contributed by atoms with Crippen molar-refractivity contribution in [3.05, 3.63) is 28.7 Å². The topological polar surface area (TPSA) is 32.3 Å². The molecule has 1 aromatic rings. The number of rotatable bonds is 1. The molecular weight excluding hydrogens is 256 g/mol. The van der Waals surface area contributed by atoms with Gasteiger partial charge in [0.25, 0.3) is 0 Å². The fraction of sp³-hybridized carbons (Fsp3) is 0.364. The Morgan fingerprint density at radius 3 is 2.60 bits per heavy atom. The van der Waals surface area contributed by atoms with Gasteiger partial charge < -0.3 is 5.32 Å². The van der Waals surface area contributed by atoms with E-state index in [4.69, 9.17) is 0 Å². The van der Waals surface area contributed by atoms with Gasteiger partial charge in [0.1, 0.15) is 0 Å². The molecule has 15 heavy (non-hydrogen) atoms. The van der Waals surface area contributed by atoms with Gasteiger partial charge in [-0.1, -0.05) is 12.1 Å². The van der Waals surface area contributed by atoms with Gasteiger partial charge in [0.2, 0.25) is 0 Å². The van der Waals surface area contributed by atoms with E-state index in [1.165, 1.54) is 0 Å². The van der Waals surface area contributed by atoms with E-state index in [1.807, 2.05) is 38.1 Å². The van der Waals surface area contributed by atoms with Crippen LogP contribution in [0.2, 0.25) is 0 Å². The van der Waals surface area contributed by atoms with Crippen molar-refractivity contribution in [2.45, 2.75) is 19.4 Å². The molecule has 0 bridgehead atoms. The average molecular weight is 269 g/mol. The van der Waals surface area contributed by atoms with Crippen LogP contribution in [0.5, 0.6) is 0 Å². The molecular formula is C11H13BrN2O. The summed E-state index contributed by atoms with van der Waals surface area (Å²) in [7, 11) is 0. The number of nitrogens with zero attached hydrogens (tertiary/aromatic N) is 1. The molecule has 1 heterocycles. The fourth-order valence-electron chi connectivity index (χ4n) is 1.79. The fourth-order valence-corrected chi connectivity index (χ4v) is 2.26. The third kappa shape index (κ3) is 1.74. The third-order valence-corrected chi connectivity index (χ3v) is 3.24. The van der Waals surface area contributed by atoms with Crippen molar-refractivity contribution in [1.82, 2.24) is 5.32 Å². The van der Waals surface area contributed by atoms with Crippen molar-refractivity contribution in [1.29, 1.82) is 0 Å². The van der Waals surface area contributed by atoms with Crippen LogP contribution < -0.4 is 10.2 Å². The number of urea groups is 1. The van der Waals surface area contributed by atoms with Gasteiger partial charge in [0.05, 0.1) is 11.2 Å². The van der Waals surface area contributed by atoms with E-state index in [0.717, 1.165) is 10.2 Å². The first-order valence-corrected chi connectivity index (χ1v) is 5.64. The van der Waals surface area contributed by atoms with Crippen LogP contribution >= 0.6 is 15.9 Å². The summed E-state index contributed by atoms with van der Waals surface area (Å²) in [6, 6.07) is 7.72. The van der Waals surface area contributed by atoms with Crippen molar-refractivity contribution in [2.24, 2.45) is 0 Å². The standard InChI is InChI=1S/C11H13BrN2O/c1-11(2)7-13-10(15)14(11)9-6-4-3-5-8(9)12/h3-6H,7H2,1-2H3,(H,13,15). The van der Waals surface area contributed by atoms with Crippen LogP contribution in [0.3, 0.4) is 0 Å². The molecule has 0 aromatic heterocycles. The van der Waals surface area contributed by atoms with Crippen LogP contribution in [0.15, 0.2) is 28.7 Å². The summed E-state index contributed by atoms with van der Waals surface area (Å²) in [5.41, 5.74) is 0.735. The van der Waals surface area contributed by atoms with Gasteiger partial charge in [-0.25, -0.2) is 4.79 Å². The first kappa shape index (κ1) is 10.5. The SMILES string of the molecule is CC1(C)CNC(=O)N1c1ccccc1Br. The Morgan fingerprint density at radius 2 is 2.07 bits per heavy atom. The normalized spacial score (nSPS) is 19.1. The number of anilines is 1. The zero-order valence-electron chi connectivity index (χ0n) is 8.75. The van der Waals surface area contributed by atoms with Crippen molar-refractivity contribution in [2.75, 3.05) is 11.4 Å². The number of carbonyl (C=O) groups excluding carboxylic acids is 1. The van der Waals surface area contributed by atoms with Crippen LogP contribution in [0.4, 0.5) is 10.5 Å². The summed E-state index contributed by atoms with van der Waals surface area (Å²) in [5.74, 6) is 0. The molecule has 1 aliphatic heterocycles. The smallest absolute Gasteiger partial charge is 0.322 e. The van der Waals surface area contributed by atoms with Gasteiger partial charge in [-0.05, 0) is 41.9 Å². The van der Waals surface area contributed by atoms with Gasteiger partial charge in [-0.3, -0.25) is 4.90 Å². The zero-order chi connectivity index (χ0) is 11.1. The number of amides is 2. The number of hydrogen-bond donors (Lipinski definition) is 1. The summed E-state index contributed by atoms with van der Waals surface area (Å²) in [4.78, 5) is 13.5. The lowest BCUT2D eigenvalue weighted by molar-refractivity contribution is 0.251. The van der Waals surface area contributed by atoms with E-state index in [2.05, 4.69) is 21.2 Å². The Labute approximate surface area is 97.6 Å². The molecule has 0 unspecified atom stereocenters. The van der Waals surface area contributed by atoms with Crippen LogP contribution in [0.1, 0.15) is 13.8 Å². The quantitative estimate of drug-likeness (QED) is 0.835. The molecule has 0 aliphatic carbocycles. The van der Waals surface area contributed by atoms with E-state index < -0.39 is 0 Å². The van der Waals surface area contributed by atoms with Crippen LogP contribution in [-0.2, 0) is 0 Å². The Balaban J connectivity index is 2.46. The molecule has 4 heteroatoms. The Bertz CT molecular complexity index is 403. The molecule has 2 rings (SSSR count). The molecule has 1 aromatic carbocycles. The zero-order valence-corrected chi connectivity index (χ0v) is 10.3. The van der Waals surface area contributed by atoms with Gasteiger partial charge in [0, 0.05) is 11.0 Å². The molecule has 3 nitrogen and oxygen atoms in total. The van der Waals surface area contributed by atoms with E-state index in [1.54, 1.807) is 4.90 Å². The van der Waals surface area contributed by atoms with E-state index in [0.29, 0.717) is 6.54 Å². The summed E-state index contributed by atoms with van der Waals surface area (Å²) in [6.07, 6.45) is 0. The molecule has 80 valence electrons. The predicted octanol–water partition coefficient (Wildman–Crippen LogP) is 2.76. The maximum Gasteiger partial charge on any atom is 0.322 e. The lowest BCUT2D eigenvalue weighted by Gasteiger charge is -2.30. The summed E-state index contributed by atoms with van der Waals surface area (Å²) in [5, 5.41) is 2.85. The second-order valence-electron chi connectivity index (χ2n) is 4.26. The molecule has 0 saturated carbocycles. The predicted molar refractivity (Wildman–Crippen MR) is 64.1 cm³/mol. The monoisotopic (exact) mass is 268 g/mol. The summed E-state index contributed by atoms with van der Waals surface area (Å²) >= 11 is 3.46. The van der Waals surface area contributed by atoms with Crippen LogP contribution in [0, 0.1) is 0 Å². The van der Waals surface area contributed by atoms with Crippen molar-refractivity contribution < 1.29 is 4.79 Å². The Hall–Kier alpha value is -1.03. The minimum atomic E-state index is -0.180. The number of hydrogen-bond acceptors (Lipinski definition) is 1. The second-order valence-corrected chi connectivity index (χ2v) is 5.11. The minimum absolute atomic E-state index is 0.0353. The van der Waals surface area contributed by atoms with Crippen molar-refractivity contribution >= 4 is 27.6 Å². The highest BCUT2D eigenvalue weighted by molar-refractivity contribution is 9.10. The maximum absolute atomic E-state index is 11.7. The first-order chi connectivity index (χ1) is 7.02. The third-order valence-electron chi connectivity index (χ3n) is 2.57. The lowest BCUT2D eigenvalue weighted by Crippen LogP contribution is -2.42. The van der Waals surface area contributed by atoms with Crippen LogP contribution in [0.25, 0.3) is 0 Å². The van der Waals surface area contributed by atoms with E-state index in [9.17, 15) is 4.79 Å². The Morgan fingerprint density at radius 1 is 1.40 bits per heavy atom. The van der Waals surface area contributed by atoms with E-state index in [-0.39, 0.29) is 11.6 Å². The molecule has 0 radical (unpaired) electrons. The van der Waals surface area contributed by atoms with Gasteiger partial charge in [0.15, 0.2) is 0 Å². The minimum Gasteiger partial charge on any atom is -0.335 e.